The highest BCUT2D eigenvalue weighted by molar-refractivity contribution is 5.91. The summed E-state index contributed by atoms with van der Waals surface area (Å²) < 4.78 is 4.07. The number of hydrogen-bond acceptors (Lipinski definition) is 3. The van der Waals surface area contributed by atoms with Crippen LogP contribution in [0.2, 0.25) is 0 Å². The molecule has 0 fully saturated rings. The van der Waals surface area contributed by atoms with Crippen molar-refractivity contribution in [3.05, 3.63) is 65.6 Å². The van der Waals surface area contributed by atoms with E-state index >= 15 is 0 Å². The fourth-order valence-electron chi connectivity index (χ4n) is 3.78. The van der Waals surface area contributed by atoms with Crippen LogP contribution in [0.3, 0.4) is 0 Å². The summed E-state index contributed by atoms with van der Waals surface area (Å²) in [4.78, 5) is 15.0. The molecule has 1 aliphatic heterocycles. The third-order valence-corrected chi connectivity index (χ3v) is 5.26. The first-order valence-corrected chi connectivity index (χ1v) is 9.34. The lowest BCUT2D eigenvalue weighted by molar-refractivity contribution is -0.118. The number of nitrogens with one attached hydrogen (secondary N) is 1. The van der Waals surface area contributed by atoms with Gasteiger partial charge >= 0.3 is 0 Å². The second kappa shape index (κ2) is 7.04. The van der Waals surface area contributed by atoms with Gasteiger partial charge in [-0.25, -0.2) is 4.68 Å². The molecule has 140 valence electrons. The van der Waals surface area contributed by atoms with Gasteiger partial charge in [0.15, 0.2) is 0 Å². The van der Waals surface area contributed by atoms with E-state index < -0.39 is 0 Å². The van der Waals surface area contributed by atoms with Gasteiger partial charge < -0.3 is 9.88 Å². The predicted octanol–water partition coefficient (Wildman–Crippen LogP) is 3.31. The van der Waals surface area contributed by atoms with Gasteiger partial charge in [0.1, 0.15) is 5.82 Å². The van der Waals surface area contributed by atoms with Gasteiger partial charge in [-0.05, 0) is 44.5 Å². The number of aryl methyl sites for hydroxylation is 2. The molecule has 4 rings (SSSR count). The van der Waals surface area contributed by atoms with Gasteiger partial charge in [0.25, 0.3) is 0 Å². The molecule has 1 N–H and O–H groups in total. The highest BCUT2D eigenvalue weighted by Gasteiger charge is 2.25. The lowest BCUT2D eigenvalue weighted by atomic mass is 10.1. The summed E-state index contributed by atoms with van der Waals surface area (Å²) in [6.07, 6.45) is 2.10. The molecule has 1 amide bonds. The van der Waals surface area contributed by atoms with E-state index in [2.05, 4.69) is 45.1 Å². The summed E-state index contributed by atoms with van der Waals surface area (Å²) >= 11 is 0. The van der Waals surface area contributed by atoms with Crippen molar-refractivity contribution < 1.29 is 4.79 Å². The van der Waals surface area contributed by atoms with Crippen molar-refractivity contribution in [2.24, 2.45) is 0 Å². The molecule has 1 aromatic carbocycles. The van der Waals surface area contributed by atoms with Crippen molar-refractivity contribution in [3.63, 3.8) is 0 Å². The molecule has 1 aliphatic rings. The third-order valence-electron chi connectivity index (χ3n) is 5.26. The highest BCUT2D eigenvalue weighted by atomic mass is 16.2. The fraction of sp³-hybridized carbons (Fsp3) is 0.333. The molecule has 0 unspecified atom stereocenters. The topological polar surface area (TPSA) is 55.1 Å². The van der Waals surface area contributed by atoms with E-state index in [1.54, 1.807) is 0 Å². The fourth-order valence-corrected chi connectivity index (χ4v) is 3.78. The van der Waals surface area contributed by atoms with Crippen LogP contribution < -0.4 is 5.32 Å². The second-order valence-corrected chi connectivity index (χ2v) is 7.19. The summed E-state index contributed by atoms with van der Waals surface area (Å²) in [5, 5.41) is 7.62. The minimum absolute atomic E-state index is 0.0170. The van der Waals surface area contributed by atoms with E-state index in [4.69, 9.17) is 0 Å². The van der Waals surface area contributed by atoms with Gasteiger partial charge in [-0.15, -0.1) is 0 Å². The molecular formula is C21H25N5O. The number of aromatic nitrogens is 3. The van der Waals surface area contributed by atoms with E-state index in [-0.39, 0.29) is 11.9 Å². The van der Waals surface area contributed by atoms with E-state index in [1.807, 2.05) is 48.9 Å². The smallest absolute Gasteiger partial charge is 0.239 e. The zero-order chi connectivity index (χ0) is 19.0. The maximum Gasteiger partial charge on any atom is 0.239 e. The van der Waals surface area contributed by atoms with Crippen LogP contribution in [-0.4, -0.2) is 38.2 Å². The lowest BCUT2D eigenvalue weighted by Gasteiger charge is -2.34. The van der Waals surface area contributed by atoms with Gasteiger partial charge in [-0.1, -0.05) is 18.2 Å². The maximum atomic E-state index is 12.8. The van der Waals surface area contributed by atoms with Gasteiger partial charge in [-0.2, -0.15) is 5.10 Å². The van der Waals surface area contributed by atoms with Gasteiger partial charge in [0, 0.05) is 37.1 Å². The Bertz CT molecular complexity index is 971. The number of benzene rings is 1. The molecule has 0 radical (unpaired) electrons. The number of nitrogens with zero attached hydrogens (tertiary/aromatic N) is 4. The molecule has 2 aromatic heterocycles. The molecule has 3 heterocycles. The quantitative estimate of drug-likeness (QED) is 0.774. The van der Waals surface area contributed by atoms with Crippen molar-refractivity contribution >= 4 is 11.7 Å². The molecule has 0 saturated heterocycles. The monoisotopic (exact) mass is 363 g/mol. The Hall–Kier alpha value is -2.86. The number of rotatable bonds is 4. The minimum Gasteiger partial charge on any atom is -0.349 e. The van der Waals surface area contributed by atoms with Gasteiger partial charge in [0.2, 0.25) is 5.91 Å². The van der Waals surface area contributed by atoms with Crippen LogP contribution in [0.15, 0.2) is 48.7 Å². The molecule has 0 bridgehead atoms. The van der Waals surface area contributed by atoms with E-state index in [0.717, 1.165) is 30.0 Å². The van der Waals surface area contributed by atoms with Crippen molar-refractivity contribution in [1.29, 1.82) is 0 Å². The first-order valence-electron chi connectivity index (χ1n) is 9.34. The van der Waals surface area contributed by atoms with Crippen molar-refractivity contribution in [3.8, 4) is 5.69 Å². The summed E-state index contributed by atoms with van der Waals surface area (Å²) in [5.41, 5.74) is 4.22. The van der Waals surface area contributed by atoms with E-state index in [9.17, 15) is 4.79 Å². The zero-order valence-corrected chi connectivity index (χ0v) is 16.0. The normalized spacial score (nSPS) is 16.9. The summed E-state index contributed by atoms with van der Waals surface area (Å²) in [6.45, 7) is 8.28. The number of hydrogen-bond donors (Lipinski definition) is 1. The highest BCUT2D eigenvalue weighted by Crippen LogP contribution is 2.25. The number of amides is 1. The van der Waals surface area contributed by atoms with Crippen molar-refractivity contribution in [1.82, 2.24) is 19.2 Å². The number of para-hydroxylation sites is 1. The van der Waals surface area contributed by atoms with Gasteiger partial charge in [0.05, 0.1) is 17.9 Å². The molecule has 6 heteroatoms. The number of fused-ring (bicyclic) bond motifs is 1. The van der Waals surface area contributed by atoms with Crippen LogP contribution in [0.5, 0.6) is 0 Å². The summed E-state index contributed by atoms with van der Waals surface area (Å²) in [7, 11) is 0. The molecule has 0 spiro atoms. The van der Waals surface area contributed by atoms with Crippen molar-refractivity contribution in [2.75, 3.05) is 18.4 Å². The standard InChI is InChI=1S/C21H25N5O/c1-15-7-4-5-8-18(15)26-20(13-16(2)23-26)22-21(27)14-25-12-11-24-10-6-9-19(24)17(25)3/h4-10,13,17H,11-12,14H2,1-3H3,(H,22,27)/t17-/m0/s1. The first-order chi connectivity index (χ1) is 13.0. The Morgan fingerprint density at radius 2 is 2.00 bits per heavy atom. The van der Waals surface area contributed by atoms with Crippen molar-refractivity contribution in [2.45, 2.75) is 33.4 Å². The summed E-state index contributed by atoms with van der Waals surface area (Å²) in [5.74, 6) is 0.691. The Morgan fingerprint density at radius 3 is 2.81 bits per heavy atom. The molecule has 6 nitrogen and oxygen atoms in total. The Labute approximate surface area is 159 Å². The van der Waals surface area contributed by atoms with Crippen LogP contribution in [0, 0.1) is 13.8 Å². The van der Waals surface area contributed by atoms with Gasteiger partial charge in [-0.3, -0.25) is 9.69 Å². The number of carbonyl (C=O) groups excluding carboxylic acids is 1. The molecule has 1 atom stereocenters. The minimum atomic E-state index is -0.0170. The van der Waals surface area contributed by atoms with E-state index in [1.165, 1.54) is 5.69 Å². The average Bonchev–Trinajstić information content (AvgIpc) is 3.25. The number of anilines is 1. The number of carbonyl (C=O) groups is 1. The molecular weight excluding hydrogens is 338 g/mol. The lowest BCUT2D eigenvalue weighted by Crippen LogP contribution is -2.41. The second-order valence-electron chi connectivity index (χ2n) is 7.19. The van der Waals surface area contributed by atoms with E-state index in [0.29, 0.717) is 12.4 Å². The van der Waals surface area contributed by atoms with Crippen LogP contribution in [0.1, 0.15) is 29.9 Å². The Morgan fingerprint density at radius 1 is 1.19 bits per heavy atom. The third kappa shape index (κ3) is 3.40. The largest absolute Gasteiger partial charge is 0.349 e. The van der Waals surface area contributed by atoms with Crippen LogP contribution >= 0.6 is 0 Å². The Balaban J connectivity index is 1.50. The Kier molecular flexibility index (Phi) is 4.58. The molecule has 27 heavy (non-hydrogen) atoms. The average molecular weight is 363 g/mol. The zero-order valence-electron chi connectivity index (χ0n) is 16.0. The van der Waals surface area contributed by atoms with Crippen LogP contribution in [-0.2, 0) is 11.3 Å². The van der Waals surface area contributed by atoms with Crippen LogP contribution in [0.4, 0.5) is 5.82 Å². The SMILES string of the molecule is Cc1cc(NC(=O)CN2CCn3cccc3[C@@H]2C)n(-c2ccccc2C)n1. The van der Waals surface area contributed by atoms with Crippen LogP contribution in [0.25, 0.3) is 5.69 Å². The predicted molar refractivity (Wildman–Crippen MR) is 106 cm³/mol. The summed E-state index contributed by atoms with van der Waals surface area (Å²) in [6, 6.07) is 14.4. The molecule has 0 aliphatic carbocycles. The molecule has 3 aromatic rings. The maximum absolute atomic E-state index is 12.8. The first kappa shape index (κ1) is 17.5. The molecule has 0 saturated carbocycles.